The molecular formula is C16H20N4O2S. The van der Waals surface area contributed by atoms with Crippen molar-refractivity contribution in [3.63, 3.8) is 0 Å². The molecule has 0 radical (unpaired) electrons. The predicted molar refractivity (Wildman–Crippen MR) is 89.4 cm³/mol. The Morgan fingerprint density at radius 3 is 2.78 bits per heavy atom. The van der Waals surface area contributed by atoms with E-state index in [0.717, 1.165) is 23.8 Å². The first-order valence-corrected chi connectivity index (χ1v) is 8.58. The van der Waals surface area contributed by atoms with E-state index in [4.69, 9.17) is 0 Å². The van der Waals surface area contributed by atoms with E-state index in [1.54, 1.807) is 18.5 Å². The van der Waals surface area contributed by atoms with Crippen molar-refractivity contribution in [1.29, 1.82) is 0 Å². The van der Waals surface area contributed by atoms with Gasteiger partial charge in [-0.05, 0) is 19.1 Å². The van der Waals surface area contributed by atoms with E-state index in [9.17, 15) is 9.90 Å². The number of aliphatic hydroxyl groups excluding tert-OH is 1. The number of pyridine rings is 1. The first-order valence-electron chi connectivity index (χ1n) is 7.70. The fraction of sp³-hybridized carbons (Fsp3) is 0.438. The highest BCUT2D eigenvalue weighted by molar-refractivity contribution is 7.13. The Labute approximate surface area is 139 Å². The fourth-order valence-electron chi connectivity index (χ4n) is 2.65. The molecule has 0 saturated carbocycles. The number of thiazole rings is 1. The number of rotatable bonds is 4. The van der Waals surface area contributed by atoms with Gasteiger partial charge < -0.3 is 10.0 Å². The van der Waals surface area contributed by atoms with E-state index < -0.39 is 0 Å². The number of hydrogen-bond acceptors (Lipinski definition) is 6. The van der Waals surface area contributed by atoms with Gasteiger partial charge in [-0.15, -0.1) is 11.3 Å². The van der Waals surface area contributed by atoms with E-state index in [-0.39, 0.29) is 12.0 Å². The molecule has 0 aliphatic carbocycles. The molecule has 3 rings (SSSR count). The lowest BCUT2D eigenvalue weighted by Gasteiger charge is -2.34. The van der Waals surface area contributed by atoms with E-state index in [0.29, 0.717) is 25.3 Å². The van der Waals surface area contributed by atoms with Crippen LogP contribution in [0.15, 0.2) is 29.8 Å². The second kappa shape index (κ2) is 7.16. The maximum Gasteiger partial charge on any atom is 0.273 e. The van der Waals surface area contributed by atoms with E-state index >= 15 is 0 Å². The van der Waals surface area contributed by atoms with E-state index in [2.05, 4.69) is 14.9 Å². The van der Waals surface area contributed by atoms with Gasteiger partial charge in [0.25, 0.3) is 5.91 Å². The first-order chi connectivity index (χ1) is 11.1. The summed E-state index contributed by atoms with van der Waals surface area (Å²) in [6.07, 6.45) is 1.39. The number of nitrogens with zero attached hydrogens (tertiary/aromatic N) is 4. The van der Waals surface area contributed by atoms with Gasteiger partial charge in [-0.1, -0.05) is 6.07 Å². The second-order valence-electron chi connectivity index (χ2n) is 5.69. The van der Waals surface area contributed by atoms with Crippen molar-refractivity contribution < 1.29 is 9.90 Å². The summed E-state index contributed by atoms with van der Waals surface area (Å²) in [7, 11) is 0. The molecule has 1 aliphatic rings. The SMILES string of the molecule is C[C@@H](O)CN1CCN(C(=O)c2csc(-c3ccccn3)n2)CC1. The van der Waals surface area contributed by atoms with Crippen molar-refractivity contribution >= 4 is 17.2 Å². The van der Waals surface area contributed by atoms with Crippen LogP contribution in [0, 0.1) is 0 Å². The van der Waals surface area contributed by atoms with Gasteiger partial charge in [0.1, 0.15) is 10.7 Å². The summed E-state index contributed by atoms with van der Waals surface area (Å²) in [5.41, 5.74) is 1.28. The third-order valence-electron chi connectivity index (χ3n) is 3.79. The molecule has 2 aromatic rings. The molecule has 0 unspecified atom stereocenters. The normalized spacial score (nSPS) is 17.2. The topological polar surface area (TPSA) is 69.6 Å². The van der Waals surface area contributed by atoms with Gasteiger partial charge in [0.15, 0.2) is 0 Å². The van der Waals surface area contributed by atoms with Gasteiger partial charge in [0.2, 0.25) is 0 Å². The van der Waals surface area contributed by atoms with Crippen molar-refractivity contribution in [3.05, 3.63) is 35.5 Å². The van der Waals surface area contributed by atoms with Crippen LogP contribution in [0.1, 0.15) is 17.4 Å². The highest BCUT2D eigenvalue weighted by Gasteiger charge is 2.24. The zero-order chi connectivity index (χ0) is 16.2. The number of piperazine rings is 1. The van der Waals surface area contributed by atoms with Gasteiger partial charge in [0.05, 0.1) is 11.8 Å². The lowest BCUT2D eigenvalue weighted by molar-refractivity contribution is 0.0550. The molecule has 6 nitrogen and oxygen atoms in total. The number of β-amino-alcohol motifs (C(OH)–C–C–N with tert-alkyl or cyclic N) is 1. The molecular weight excluding hydrogens is 312 g/mol. The van der Waals surface area contributed by atoms with Crippen molar-refractivity contribution in [2.24, 2.45) is 0 Å². The van der Waals surface area contributed by atoms with Crippen molar-refractivity contribution in [2.75, 3.05) is 32.7 Å². The molecule has 1 aliphatic heterocycles. The Hall–Kier alpha value is -1.83. The van der Waals surface area contributed by atoms with Crippen LogP contribution in [0.3, 0.4) is 0 Å². The average molecular weight is 332 g/mol. The minimum atomic E-state index is -0.336. The Bertz CT molecular complexity index is 651. The van der Waals surface area contributed by atoms with Crippen LogP contribution < -0.4 is 0 Å². The summed E-state index contributed by atoms with van der Waals surface area (Å²) >= 11 is 1.44. The quantitative estimate of drug-likeness (QED) is 0.915. The fourth-order valence-corrected chi connectivity index (χ4v) is 3.42. The third kappa shape index (κ3) is 3.93. The zero-order valence-corrected chi connectivity index (χ0v) is 13.9. The van der Waals surface area contributed by atoms with Gasteiger partial charge in [-0.2, -0.15) is 0 Å². The Morgan fingerprint density at radius 1 is 1.35 bits per heavy atom. The largest absolute Gasteiger partial charge is 0.392 e. The van der Waals surface area contributed by atoms with E-state index in [1.165, 1.54) is 11.3 Å². The van der Waals surface area contributed by atoms with Gasteiger partial charge in [0, 0.05) is 44.3 Å². The van der Waals surface area contributed by atoms with Crippen LogP contribution in [0.25, 0.3) is 10.7 Å². The van der Waals surface area contributed by atoms with Crippen LogP contribution in [-0.4, -0.2) is 69.6 Å². The number of aliphatic hydroxyl groups is 1. The van der Waals surface area contributed by atoms with Crippen LogP contribution >= 0.6 is 11.3 Å². The number of amides is 1. The van der Waals surface area contributed by atoms with Gasteiger partial charge in [-0.25, -0.2) is 4.98 Å². The monoisotopic (exact) mass is 332 g/mol. The van der Waals surface area contributed by atoms with Crippen LogP contribution in [-0.2, 0) is 0 Å². The Kier molecular flexibility index (Phi) is 5.00. The molecule has 1 N–H and O–H groups in total. The Morgan fingerprint density at radius 2 is 2.13 bits per heavy atom. The van der Waals surface area contributed by atoms with Crippen LogP contribution in [0.5, 0.6) is 0 Å². The second-order valence-corrected chi connectivity index (χ2v) is 6.55. The lowest BCUT2D eigenvalue weighted by atomic mass is 10.2. The molecule has 1 atom stereocenters. The lowest BCUT2D eigenvalue weighted by Crippen LogP contribution is -2.50. The minimum Gasteiger partial charge on any atom is -0.392 e. The average Bonchev–Trinajstić information content (AvgIpc) is 3.05. The summed E-state index contributed by atoms with van der Waals surface area (Å²) in [5, 5.41) is 12.0. The zero-order valence-electron chi connectivity index (χ0n) is 13.1. The standard InChI is InChI=1S/C16H20N4O2S/c1-12(21)10-19-6-8-20(9-7-19)16(22)14-11-23-15(18-14)13-4-2-3-5-17-13/h2-5,11-12,21H,6-10H2,1H3/t12-/m1/s1. The molecule has 0 spiro atoms. The van der Waals surface area contributed by atoms with E-state index in [1.807, 2.05) is 23.1 Å². The molecule has 1 saturated heterocycles. The Balaban J connectivity index is 1.62. The highest BCUT2D eigenvalue weighted by Crippen LogP contribution is 2.22. The molecule has 1 amide bonds. The number of carbonyl (C=O) groups is 1. The van der Waals surface area contributed by atoms with Gasteiger partial charge >= 0.3 is 0 Å². The molecule has 2 aromatic heterocycles. The number of aromatic nitrogens is 2. The molecule has 0 bridgehead atoms. The maximum atomic E-state index is 12.6. The third-order valence-corrected chi connectivity index (χ3v) is 4.65. The summed E-state index contributed by atoms with van der Waals surface area (Å²) < 4.78 is 0. The molecule has 7 heteroatoms. The summed E-state index contributed by atoms with van der Waals surface area (Å²) in [6.45, 7) is 5.35. The summed E-state index contributed by atoms with van der Waals surface area (Å²) in [4.78, 5) is 25.3. The van der Waals surface area contributed by atoms with Crippen molar-refractivity contribution in [3.8, 4) is 10.7 Å². The van der Waals surface area contributed by atoms with Crippen molar-refractivity contribution in [2.45, 2.75) is 13.0 Å². The molecule has 23 heavy (non-hydrogen) atoms. The number of carbonyl (C=O) groups excluding carboxylic acids is 1. The predicted octanol–water partition coefficient (Wildman–Crippen LogP) is 1.34. The molecule has 1 fully saturated rings. The van der Waals surface area contributed by atoms with Crippen LogP contribution in [0.2, 0.25) is 0 Å². The van der Waals surface area contributed by atoms with Crippen molar-refractivity contribution in [1.82, 2.24) is 19.8 Å². The molecule has 0 aromatic carbocycles. The summed E-state index contributed by atoms with van der Waals surface area (Å²) in [5.74, 6) is -0.0277. The number of hydrogen-bond donors (Lipinski definition) is 1. The highest BCUT2D eigenvalue weighted by atomic mass is 32.1. The van der Waals surface area contributed by atoms with Crippen LogP contribution in [0.4, 0.5) is 0 Å². The minimum absolute atomic E-state index is 0.0277. The maximum absolute atomic E-state index is 12.6. The molecule has 122 valence electrons. The smallest absolute Gasteiger partial charge is 0.273 e. The summed E-state index contributed by atoms with van der Waals surface area (Å²) in [6, 6.07) is 5.66. The first kappa shape index (κ1) is 16.0. The van der Waals surface area contributed by atoms with Gasteiger partial charge in [-0.3, -0.25) is 14.7 Å². The molecule has 3 heterocycles.